The fourth-order valence-corrected chi connectivity index (χ4v) is 3.91. The highest BCUT2D eigenvalue weighted by Crippen LogP contribution is 2.36. The molecule has 0 aromatic heterocycles. The molecule has 4 rings (SSSR count). The molecule has 0 saturated carbocycles. The van der Waals surface area contributed by atoms with Crippen molar-refractivity contribution >= 4 is 33.6 Å². The lowest BCUT2D eigenvalue weighted by Crippen LogP contribution is -2.40. The third-order valence-electron chi connectivity index (χ3n) is 4.99. The normalized spacial score (nSPS) is 20.8. The standard InChI is InChI=1S/C19H16BrN3O6/c1-19(13-3-2-4-14(20)7-13)17(24)22(18(25)21-19)8-11-5-15(23(26)27)6-12-9-28-10-29-16(11)12/h2-7H,8-10H2,1H3,(H,21,25). The van der Waals surface area contributed by atoms with Crippen molar-refractivity contribution in [1.29, 1.82) is 0 Å². The molecule has 0 bridgehead atoms. The molecule has 10 heteroatoms. The summed E-state index contributed by atoms with van der Waals surface area (Å²) < 4.78 is 11.5. The number of imide groups is 1. The van der Waals surface area contributed by atoms with Crippen LogP contribution in [-0.2, 0) is 28.2 Å². The van der Waals surface area contributed by atoms with Crippen LogP contribution in [0.4, 0.5) is 10.5 Å². The third-order valence-corrected chi connectivity index (χ3v) is 5.48. The Kier molecular flexibility index (Phi) is 4.75. The van der Waals surface area contributed by atoms with Crippen LogP contribution in [0.25, 0.3) is 0 Å². The van der Waals surface area contributed by atoms with Crippen LogP contribution in [0.5, 0.6) is 5.75 Å². The maximum absolute atomic E-state index is 13.2. The SMILES string of the molecule is CC1(c2cccc(Br)c2)NC(=O)N(Cc2cc([N+](=O)[O-])cc3c2OCOC3)C1=O. The van der Waals surface area contributed by atoms with E-state index in [4.69, 9.17) is 9.47 Å². The van der Waals surface area contributed by atoms with Crippen molar-refractivity contribution < 1.29 is 24.0 Å². The average Bonchev–Trinajstić information content (AvgIpc) is 2.92. The van der Waals surface area contributed by atoms with Gasteiger partial charge in [0.15, 0.2) is 6.79 Å². The largest absolute Gasteiger partial charge is 0.467 e. The van der Waals surface area contributed by atoms with Crippen LogP contribution in [0.3, 0.4) is 0 Å². The lowest BCUT2D eigenvalue weighted by Gasteiger charge is -2.24. The van der Waals surface area contributed by atoms with E-state index in [1.54, 1.807) is 25.1 Å². The first kappa shape index (κ1) is 19.3. The first-order valence-corrected chi connectivity index (χ1v) is 9.50. The summed E-state index contributed by atoms with van der Waals surface area (Å²) in [6.07, 6.45) is 0. The van der Waals surface area contributed by atoms with Gasteiger partial charge in [-0.15, -0.1) is 0 Å². The predicted octanol–water partition coefficient (Wildman–Crippen LogP) is 3.19. The van der Waals surface area contributed by atoms with Gasteiger partial charge in [-0.05, 0) is 24.6 Å². The maximum Gasteiger partial charge on any atom is 0.325 e. The summed E-state index contributed by atoms with van der Waals surface area (Å²) in [7, 11) is 0. The Morgan fingerprint density at radius 2 is 2.10 bits per heavy atom. The van der Waals surface area contributed by atoms with Gasteiger partial charge >= 0.3 is 6.03 Å². The van der Waals surface area contributed by atoms with Crippen LogP contribution < -0.4 is 10.1 Å². The van der Waals surface area contributed by atoms with Gasteiger partial charge in [-0.25, -0.2) is 4.79 Å². The molecule has 2 heterocycles. The fraction of sp³-hybridized carbons (Fsp3) is 0.263. The summed E-state index contributed by atoms with van der Waals surface area (Å²) in [5.74, 6) is -0.0496. The molecule has 2 aliphatic heterocycles. The van der Waals surface area contributed by atoms with Crippen LogP contribution in [0.15, 0.2) is 40.9 Å². The molecule has 9 nitrogen and oxygen atoms in total. The Labute approximate surface area is 173 Å². The second-order valence-corrected chi connectivity index (χ2v) is 7.83. The summed E-state index contributed by atoms with van der Waals surface area (Å²) >= 11 is 3.37. The predicted molar refractivity (Wildman–Crippen MR) is 104 cm³/mol. The Bertz CT molecular complexity index is 1040. The summed E-state index contributed by atoms with van der Waals surface area (Å²) in [4.78, 5) is 37.6. The molecular weight excluding hydrogens is 446 g/mol. The summed E-state index contributed by atoms with van der Waals surface area (Å²) in [6, 6.07) is 9.22. The van der Waals surface area contributed by atoms with Crippen LogP contribution in [-0.4, -0.2) is 28.6 Å². The molecule has 0 radical (unpaired) electrons. The second kappa shape index (κ2) is 7.12. The first-order chi connectivity index (χ1) is 13.8. The average molecular weight is 462 g/mol. The van der Waals surface area contributed by atoms with E-state index in [1.807, 2.05) is 6.07 Å². The number of hydrogen-bond acceptors (Lipinski definition) is 6. The van der Waals surface area contributed by atoms with Gasteiger partial charge in [0.1, 0.15) is 11.3 Å². The number of halogens is 1. The van der Waals surface area contributed by atoms with Crippen molar-refractivity contribution in [3.8, 4) is 5.75 Å². The van der Waals surface area contributed by atoms with Gasteiger partial charge in [0.2, 0.25) is 0 Å². The minimum atomic E-state index is -1.24. The number of nitro benzene ring substituents is 1. The summed E-state index contributed by atoms with van der Waals surface area (Å²) in [6.45, 7) is 1.62. The van der Waals surface area contributed by atoms with Crippen molar-refractivity contribution in [1.82, 2.24) is 10.2 Å². The first-order valence-electron chi connectivity index (χ1n) is 8.70. The molecule has 1 fully saturated rings. The smallest absolute Gasteiger partial charge is 0.325 e. The number of benzene rings is 2. The Morgan fingerprint density at radius 1 is 1.31 bits per heavy atom. The number of urea groups is 1. The molecule has 0 aliphatic carbocycles. The molecule has 1 atom stereocenters. The number of amides is 3. The van der Waals surface area contributed by atoms with E-state index in [1.165, 1.54) is 12.1 Å². The molecule has 0 spiro atoms. The number of rotatable bonds is 4. The maximum atomic E-state index is 13.2. The number of ether oxygens (including phenoxy) is 2. The quantitative estimate of drug-likeness (QED) is 0.425. The molecular formula is C19H16BrN3O6. The van der Waals surface area contributed by atoms with Crippen LogP contribution >= 0.6 is 15.9 Å². The van der Waals surface area contributed by atoms with Crippen molar-refractivity contribution in [3.63, 3.8) is 0 Å². The zero-order valence-electron chi connectivity index (χ0n) is 15.3. The van der Waals surface area contributed by atoms with Gasteiger partial charge in [0.05, 0.1) is 18.1 Å². The minimum Gasteiger partial charge on any atom is -0.467 e. The van der Waals surface area contributed by atoms with Gasteiger partial charge in [-0.3, -0.25) is 19.8 Å². The van der Waals surface area contributed by atoms with Gasteiger partial charge in [0.25, 0.3) is 11.6 Å². The van der Waals surface area contributed by atoms with Crippen LogP contribution in [0.1, 0.15) is 23.6 Å². The highest BCUT2D eigenvalue weighted by Gasteiger charge is 2.49. The van der Waals surface area contributed by atoms with E-state index in [0.717, 1.165) is 9.37 Å². The van der Waals surface area contributed by atoms with Gasteiger partial charge in [-0.1, -0.05) is 28.1 Å². The van der Waals surface area contributed by atoms with Gasteiger partial charge in [-0.2, -0.15) is 0 Å². The topological polar surface area (TPSA) is 111 Å². The molecule has 2 aromatic carbocycles. The molecule has 2 aliphatic rings. The molecule has 1 saturated heterocycles. The number of carbonyl (C=O) groups excluding carboxylic acids is 2. The number of fused-ring (bicyclic) bond motifs is 1. The van der Waals surface area contributed by atoms with Crippen LogP contribution in [0, 0.1) is 10.1 Å². The zero-order chi connectivity index (χ0) is 20.8. The third kappa shape index (κ3) is 3.34. The number of nitrogens with one attached hydrogen (secondary N) is 1. The van der Waals surface area contributed by atoms with Crippen molar-refractivity contribution in [2.24, 2.45) is 0 Å². The molecule has 3 amide bonds. The van der Waals surface area contributed by atoms with Crippen LogP contribution in [0.2, 0.25) is 0 Å². The fourth-order valence-electron chi connectivity index (χ4n) is 3.51. The van der Waals surface area contributed by atoms with E-state index < -0.39 is 22.4 Å². The number of carbonyl (C=O) groups is 2. The number of non-ortho nitro benzene ring substituents is 1. The van der Waals surface area contributed by atoms with E-state index >= 15 is 0 Å². The molecule has 2 aromatic rings. The molecule has 29 heavy (non-hydrogen) atoms. The highest BCUT2D eigenvalue weighted by molar-refractivity contribution is 9.10. The summed E-state index contributed by atoms with van der Waals surface area (Å²) in [5, 5.41) is 14.0. The lowest BCUT2D eigenvalue weighted by molar-refractivity contribution is -0.385. The highest BCUT2D eigenvalue weighted by atomic mass is 79.9. The number of nitro groups is 1. The zero-order valence-corrected chi connectivity index (χ0v) is 16.9. The van der Waals surface area contributed by atoms with Crippen molar-refractivity contribution in [2.75, 3.05) is 6.79 Å². The second-order valence-electron chi connectivity index (χ2n) is 6.92. The molecule has 1 N–H and O–H groups in total. The molecule has 150 valence electrons. The van der Waals surface area contributed by atoms with Gasteiger partial charge < -0.3 is 14.8 Å². The minimum absolute atomic E-state index is 0.00624. The Balaban J connectivity index is 1.70. The van der Waals surface area contributed by atoms with Gasteiger partial charge in [0, 0.05) is 27.7 Å². The number of hydrogen-bond donors (Lipinski definition) is 1. The monoisotopic (exact) mass is 461 g/mol. The lowest BCUT2D eigenvalue weighted by atomic mass is 9.92. The van der Waals surface area contributed by atoms with E-state index in [-0.39, 0.29) is 25.6 Å². The van der Waals surface area contributed by atoms with Crippen molar-refractivity contribution in [3.05, 3.63) is 67.7 Å². The number of nitrogens with zero attached hydrogens (tertiary/aromatic N) is 2. The molecule has 1 unspecified atom stereocenters. The van der Waals surface area contributed by atoms with Crippen molar-refractivity contribution in [2.45, 2.75) is 25.6 Å². The summed E-state index contributed by atoms with van der Waals surface area (Å²) in [5.41, 5.74) is 0.0980. The Morgan fingerprint density at radius 3 is 2.83 bits per heavy atom. The Hall–Kier alpha value is -2.98. The van der Waals surface area contributed by atoms with E-state index in [9.17, 15) is 19.7 Å². The van der Waals surface area contributed by atoms with E-state index in [2.05, 4.69) is 21.2 Å². The van der Waals surface area contributed by atoms with E-state index in [0.29, 0.717) is 22.4 Å².